The molecule has 2 aliphatic rings. The molecule has 0 bridgehead atoms. The zero-order valence-electron chi connectivity index (χ0n) is 9.80. The van der Waals surface area contributed by atoms with Crippen LogP contribution < -0.4 is 11.5 Å². The van der Waals surface area contributed by atoms with E-state index in [4.69, 9.17) is 16.2 Å². The third-order valence-corrected chi connectivity index (χ3v) is 3.56. The van der Waals surface area contributed by atoms with Gasteiger partial charge in [-0.3, -0.25) is 9.59 Å². The minimum Gasteiger partial charge on any atom is -0.377 e. The number of amides is 2. The first-order chi connectivity index (χ1) is 8.09. The van der Waals surface area contributed by atoms with Crippen molar-refractivity contribution in [1.82, 2.24) is 4.90 Å². The second-order valence-electron chi connectivity index (χ2n) is 4.79. The Hall–Kier alpha value is -1.14. The summed E-state index contributed by atoms with van der Waals surface area (Å²) in [5, 5.41) is 0. The summed E-state index contributed by atoms with van der Waals surface area (Å²) in [6.07, 6.45) is 2.40. The van der Waals surface area contributed by atoms with Crippen molar-refractivity contribution in [1.29, 1.82) is 0 Å². The van der Waals surface area contributed by atoms with Crippen molar-refractivity contribution >= 4 is 11.8 Å². The Bertz CT molecular complexity index is 321. The van der Waals surface area contributed by atoms with Crippen molar-refractivity contribution in [3.05, 3.63) is 0 Å². The second-order valence-corrected chi connectivity index (χ2v) is 4.79. The number of carbonyl (C=O) groups is 2. The summed E-state index contributed by atoms with van der Waals surface area (Å²) >= 11 is 0. The van der Waals surface area contributed by atoms with Crippen LogP contribution in [-0.2, 0) is 14.3 Å². The minimum atomic E-state index is -0.618. The third-order valence-electron chi connectivity index (χ3n) is 3.56. The Morgan fingerprint density at radius 2 is 2.06 bits per heavy atom. The predicted molar refractivity (Wildman–Crippen MR) is 60.8 cm³/mol. The summed E-state index contributed by atoms with van der Waals surface area (Å²) in [5.74, 6) is -0.546. The smallest absolute Gasteiger partial charge is 0.242 e. The number of nitrogens with two attached hydrogens (primary N) is 2. The van der Waals surface area contributed by atoms with Crippen molar-refractivity contribution < 1.29 is 14.3 Å². The van der Waals surface area contributed by atoms with Crippen LogP contribution in [0.4, 0.5) is 0 Å². The molecule has 1 saturated heterocycles. The number of morpholine rings is 1. The van der Waals surface area contributed by atoms with Crippen LogP contribution in [0.2, 0.25) is 0 Å². The molecule has 1 aliphatic carbocycles. The molecule has 96 valence electrons. The predicted octanol–water partition coefficient (Wildman–Crippen LogP) is -1.17. The van der Waals surface area contributed by atoms with E-state index in [1.165, 1.54) is 0 Å². The Labute approximate surface area is 100 Å². The minimum absolute atomic E-state index is 0.00468. The van der Waals surface area contributed by atoms with E-state index in [-0.39, 0.29) is 24.5 Å². The highest BCUT2D eigenvalue weighted by Crippen LogP contribution is 2.27. The Kier molecular flexibility index (Phi) is 3.63. The van der Waals surface area contributed by atoms with Gasteiger partial charge in [0, 0.05) is 18.5 Å². The summed E-state index contributed by atoms with van der Waals surface area (Å²) in [6, 6.07) is -0.509. The van der Waals surface area contributed by atoms with Gasteiger partial charge in [0.1, 0.15) is 6.04 Å². The van der Waals surface area contributed by atoms with Gasteiger partial charge in [-0.2, -0.15) is 0 Å². The SMILES string of the molecule is NC(=O)C1COCCN1C(=O)C1CCC(N)C1. The van der Waals surface area contributed by atoms with Crippen LogP contribution in [0.5, 0.6) is 0 Å². The summed E-state index contributed by atoms with van der Waals surface area (Å²) in [5.41, 5.74) is 11.1. The van der Waals surface area contributed by atoms with E-state index in [2.05, 4.69) is 0 Å². The monoisotopic (exact) mass is 241 g/mol. The maximum absolute atomic E-state index is 12.3. The molecule has 3 unspecified atom stereocenters. The number of primary amides is 1. The molecule has 2 fully saturated rings. The van der Waals surface area contributed by atoms with Crippen LogP contribution in [0.1, 0.15) is 19.3 Å². The molecule has 2 amide bonds. The van der Waals surface area contributed by atoms with E-state index in [0.29, 0.717) is 19.6 Å². The number of ether oxygens (including phenoxy) is 1. The molecule has 0 aromatic rings. The van der Waals surface area contributed by atoms with Crippen molar-refractivity contribution in [3.8, 4) is 0 Å². The first-order valence-corrected chi connectivity index (χ1v) is 6.02. The molecule has 0 radical (unpaired) electrons. The molecule has 0 spiro atoms. The van der Waals surface area contributed by atoms with Crippen molar-refractivity contribution in [2.75, 3.05) is 19.8 Å². The van der Waals surface area contributed by atoms with Crippen LogP contribution in [0.25, 0.3) is 0 Å². The fourth-order valence-electron chi connectivity index (χ4n) is 2.58. The van der Waals surface area contributed by atoms with E-state index in [0.717, 1.165) is 12.8 Å². The average Bonchev–Trinajstić information content (AvgIpc) is 2.75. The van der Waals surface area contributed by atoms with Gasteiger partial charge in [-0.25, -0.2) is 0 Å². The normalized spacial score (nSPS) is 33.7. The number of carbonyl (C=O) groups excluding carboxylic acids is 2. The lowest BCUT2D eigenvalue weighted by Crippen LogP contribution is -2.56. The highest BCUT2D eigenvalue weighted by molar-refractivity contribution is 5.88. The summed E-state index contributed by atoms with van der Waals surface area (Å²) < 4.78 is 5.19. The fourth-order valence-corrected chi connectivity index (χ4v) is 2.58. The van der Waals surface area contributed by atoms with Crippen LogP contribution in [-0.4, -0.2) is 48.6 Å². The molecule has 0 aromatic heterocycles. The largest absolute Gasteiger partial charge is 0.377 e. The van der Waals surface area contributed by atoms with Crippen molar-refractivity contribution in [2.24, 2.45) is 17.4 Å². The Balaban J connectivity index is 2.03. The maximum atomic E-state index is 12.3. The maximum Gasteiger partial charge on any atom is 0.242 e. The molecule has 17 heavy (non-hydrogen) atoms. The van der Waals surface area contributed by atoms with Gasteiger partial charge in [0.05, 0.1) is 13.2 Å². The van der Waals surface area contributed by atoms with E-state index in [1.807, 2.05) is 0 Å². The van der Waals surface area contributed by atoms with Gasteiger partial charge in [0.2, 0.25) is 11.8 Å². The molecule has 6 heteroatoms. The van der Waals surface area contributed by atoms with Crippen LogP contribution in [0.15, 0.2) is 0 Å². The van der Waals surface area contributed by atoms with Crippen molar-refractivity contribution in [2.45, 2.75) is 31.3 Å². The van der Waals surface area contributed by atoms with E-state index in [9.17, 15) is 9.59 Å². The lowest BCUT2D eigenvalue weighted by atomic mass is 10.0. The first kappa shape index (κ1) is 12.3. The van der Waals surface area contributed by atoms with Gasteiger partial charge >= 0.3 is 0 Å². The van der Waals surface area contributed by atoms with Crippen LogP contribution in [0, 0.1) is 5.92 Å². The Morgan fingerprint density at radius 3 is 2.65 bits per heavy atom. The zero-order chi connectivity index (χ0) is 12.4. The number of hydrogen-bond acceptors (Lipinski definition) is 4. The molecular formula is C11H19N3O3. The van der Waals surface area contributed by atoms with Gasteiger partial charge in [-0.1, -0.05) is 0 Å². The number of rotatable bonds is 2. The van der Waals surface area contributed by atoms with Gasteiger partial charge in [-0.05, 0) is 19.3 Å². The lowest BCUT2D eigenvalue weighted by molar-refractivity contribution is -0.150. The summed E-state index contributed by atoms with van der Waals surface area (Å²) in [6.45, 7) is 1.12. The van der Waals surface area contributed by atoms with E-state index >= 15 is 0 Å². The quantitative estimate of drug-likeness (QED) is 0.636. The van der Waals surface area contributed by atoms with Gasteiger partial charge < -0.3 is 21.1 Å². The molecule has 6 nitrogen and oxygen atoms in total. The van der Waals surface area contributed by atoms with Gasteiger partial charge in [0.15, 0.2) is 0 Å². The molecule has 1 saturated carbocycles. The fraction of sp³-hybridized carbons (Fsp3) is 0.818. The topological polar surface area (TPSA) is 98.7 Å². The lowest BCUT2D eigenvalue weighted by Gasteiger charge is -2.35. The molecule has 3 atom stereocenters. The van der Waals surface area contributed by atoms with E-state index < -0.39 is 11.9 Å². The Morgan fingerprint density at radius 1 is 1.29 bits per heavy atom. The molecule has 0 aromatic carbocycles. The highest BCUT2D eigenvalue weighted by Gasteiger charge is 2.37. The molecule has 1 heterocycles. The van der Waals surface area contributed by atoms with Crippen LogP contribution >= 0.6 is 0 Å². The van der Waals surface area contributed by atoms with Gasteiger partial charge in [0.25, 0.3) is 0 Å². The second kappa shape index (κ2) is 5.01. The summed E-state index contributed by atoms with van der Waals surface area (Å²) in [7, 11) is 0. The first-order valence-electron chi connectivity index (χ1n) is 6.02. The average molecular weight is 241 g/mol. The molecule has 4 N–H and O–H groups in total. The number of nitrogens with zero attached hydrogens (tertiary/aromatic N) is 1. The third kappa shape index (κ3) is 2.58. The van der Waals surface area contributed by atoms with Gasteiger partial charge in [-0.15, -0.1) is 0 Å². The summed E-state index contributed by atoms with van der Waals surface area (Å²) in [4.78, 5) is 25.1. The van der Waals surface area contributed by atoms with E-state index in [1.54, 1.807) is 4.90 Å². The van der Waals surface area contributed by atoms with Crippen molar-refractivity contribution in [3.63, 3.8) is 0 Å². The highest BCUT2D eigenvalue weighted by atomic mass is 16.5. The van der Waals surface area contributed by atoms with Crippen LogP contribution in [0.3, 0.4) is 0 Å². The standard InChI is InChI=1S/C11H19N3O3/c12-8-2-1-7(5-8)11(16)14-3-4-17-6-9(14)10(13)15/h7-9H,1-6,12H2,(H2,13,15). The molecule has 1 aliphatic heterocycles. The molecular weight excluding hydrogens is 222 g/mol. The number of hydrogen-bond donors (Lipinski definition) is 2. The molecule has 2 rings (SSSR count). The zero-order valence-corrected chi connectivity index (χ0v) is 9.80.